The fraction of sp³-hybridized carbons (Fsp3) is 0.923. The van der Waals surface area contributed by atoms with Gasteiger partial charge >= 0.3 is 58.2 Å². The third-order valence-electron chi connectivity index (χ3n) is 2.49. The number of carbonyl (C=O) groups excluding carboxylic acids is 1. The summed E-state index contributed by atoms with van der Waals surface area (Å²) in [7, 11) is 0. The number of rotatable bonds is 2. The maximum atomic E-state index is 11.3. The molecule has 0 aromatic carbocycles. The van der Waals surface area contributed by atoms with E-state index in [2.05, 4.69) is 12.2 Å². The molecule has 1 rings (SSSR count). The largest absolute Gasteiger partial charge is 1.00 e. The zero-order chi connectivity index (χ0) is 12.3. The minimum Gasteiger partial charge on any atom is -0.653 e. The smallest absolute Gasteiger partial charge is 0.653 e. The first kappa shape index (κ1) is 22.5. The van der Waals surface area contributed by atoms with Gasteiger partial charge in [-0.25, -0.2) is 0 Å². The fourth-order valence-corrected chi connectivity index (χ4v) is 1.79. The van der Waals surface area contributed by atoms with Gasteiger partial charge in [0.2, 0.25) is 0 Å². The van der Waals surface area contributed by atoms with Crippen molar-refractivity contribution in [3.63, 3.8) is 0 Å². The minimum atomic E-state index is 0. The van der Waals surface area contributed by atoms with E-state index in [4.69, 9.17) is 0 Å². The molecule has 0 radical (unpaired) electrons. The average Bonchev–Trinajstić information content (AvgIpc) is 2.71. The molecular formula is C13H28NORb. The Hall–Kier alpha value is 1.28. The van der Waals surface area contributed by atoms with E-state index in [0.29, 0.717) is 12.5 Å². The SMILES string of the molecule is CC.CC.CC[N-]C(=O)C1CCCC1C.[Rb+]. The standard InChI is InChI=1S/C9H17NO.2C2H6.Rb/c1-3-10-9(11)8-6-4-5-7(8)2;2*1-2;/h7-8H,3-6H2,1-2H3,(H,10,11);2*1-2H3;/q;;;+1/p-1. The van der Waals surface area contributed by atoms with Crippen LogP contribution in [0.4, 0.5) is 0 Å². The average molecular weight is 300 g/mol. The molecule has 0 aromatic rings. The second-order valence-electron chi connectivity index (χ2n) is 3.33. The van der Waals surface area contributed by atoms with E-state index in [1.165, 1.54) is 12.8 Å². The van der Waals surface area contributed by atoms with Crippen molar-refractivity contribution in [2.75, 3.05) is 6.54 Å². The number of hydrogen-bond acceptors (Lipinski definition) is 1. The molecule has 0 saturated heterocycles. The van der Waals surface area contributed by atoms with Gasteiger partial charge in [-0.05, 0) is 12.3 Å². The van der Waals surface area contributed by atoms with Crippen molar-refractivity contribution >= 4 is 5.91 Å². The molecule has 3 heteroatoms. The Morgan fingerprint density at radius 2 is 1.69 bits per heavy atom. The Morgan fingerprint density at radius 3 is 2.00 bits per heavy atom. The van der Waals surface area contributed by atoms with Gasteiger partial charge in [0.15, 0.2) is 0 Å². The van der Waals surface area contributed by atoms with Gasteiger partial charge in [-0.2, -0.15) is 0 Å². The van der Waals surface area contributed by atoms with Gasteiger partial charge in [-0.15, -0.1) is 6.54 Å². The second-order valence-corrected chi connectivity index (χ2v) is 3.33. The van der Waals surface area contributed by atoms with Gasteiger partial charge in [-0.1, -0.05) is 54.4 Å². The molecule has 1 amide bonds. The van der Waals surface area contributed by atoms with Crippen molar-refractivity contribution in [1.82, 2.24) is 0 Å². The Kier molecular flexibility index (Phi) is 22.8. The molecule has 16 heavy (non-hydrogen) atoms. The number of carbonyl (C=O) groups is 1. The zero-order valence-corrected chi connectivity index (χ0v) is 17.3. The number of nitrogens with zero attached hydrogens (tertiary/aromatic N) is 1. The van der Waals surface area contributed by atoms with Gasteiger partial charge in [0, 0.05) is 5.92 Å². The summed E-state index contributed by atoms with van der Waals surface area (Å²) in [6, 6.07) is 0. The molecule has 1 aliphatic rings. The van der Waals surface area contributed by atoms with Crippen molar-refractivity contribution in [3.05, 3.63) is 5.32 Å². The molecule has 0 bridgehead atoms. The van der Waals surface area contributed by atoms with E-state index in [9.17, 15) is 4.79 Å². The van der Waals surface area contributed by atoms with E-state index in [1.54, 1.807) is 0 Å². The van der Waals surface area contributed by atoms with E-state index >= 15 is 0 Å². The monoisotopic (exact) mass is 299 g/mol. The molecule has 0 N–H and O–H groups in total. The molecule has 1 saturated carbocycles. The Morgan fingerprint density at radius 1 is 1.19 bits per heavy atom. The van der Waals surface area contributed by atoms with Gasteiger partial charge < -0.3 is 10.1 Å². The fourth-order valence-electron chi connectivity index (χ4n) is 1.79. The normalized spacial score (nSPS) is 21.6. The predicted octanol–water partition coefficient (Wildman–Crippen LogP) is 1.40. The molecule has 0 aromatic heterocycles. The first-order valence-corrected chi connectivity index (χ1v) is 6.47. The van der Waals surface area contributed by atoms with Gasteiger partial charge in [0.1, 0.15) is 0 Å². The minimum absolute atomic E-state index is 0. The van der Waals surface area contributed by atoms with Crippen molar-refractivity contribution in [3.8, 4) is 0 Å². The number of hydrogen-bond donors (Lipinski definition) is 0. The van der Waals surface area contributed by atoms with Crippen molar-refractivity contribution in [2.24, 2.45) is 11.8 Å². The van der Waals surface area contributed by atoms with Crippen molar-refractivity contribution in [2.45, 2.75) is 60.8 Å². The van der Waals surface area contributed by atoms with Crippen molar-refractivity contribution in [1.29, 1.82) is 0 Å². The topological polar surface area (TPSA) is 31.2 Å². The van der Waals surface area contributed by atoms with Gasteiger partial charge in [0.25, 0.3) is 0 Å². The summed E-state index contributed by atoms with van der Waals surface area (Å²) in [4.78, 5) is 11.3. The van der Waals surface area contributed by atoms with Crippen LogP contribution in [0.5, 0.6) is 0 Å². The van der Waals surface area contributed by atoms with Crippen LogP contribution in [-0.2, 0) is 4.79 Å². The maximum Gasteiger partial charge on any atom is 1.00 e. The van der Waals surface area contributed by atoms with E-state index < -0.39 is 0 Å². The summed E-state index contributed by atoms with van der Waals surface area (Å²) in [5, 5.41) is 3.92. The molecular weight excluding hydrogens is 272 g/mol. The Bertz CT molecular complexity index is 151. The van der Waals surface area contributed by atoms with Crippen LogP contribution < -0.4 is 58.2 Å². The van der Waals surface area contributed by atoms with Crippen LogP contribution in [0.1, 0.15) is 60.8 Å². The van der Waals surface area contributed by atoms with Crippen LogP contribution in [0.15, 0.2) is 0 Å². The van der Waals surface area contributed by atoms with Crippen LogP contribution >= 0.6 is 0 Å². The molecule has 0 spiro atoms. The molecule has 0 heterocycles. The summed E-state index contributed by atoms with van der Waals surface area (Å²) in [6.07, 6.45) is 3.47. The molecule has 2 nitrogen and oxygen atoms in total. The van der Waals surface area contributed by atoms with Gasteiger partial charge in [-0.3, -0.25) is 0 Å². The first-order chi connectivity index (χ1) is 7.25. The maximum absolute atomic E-state index is 11.3. The molecule has 0 aliphatic heterocycles. The van der Waals surface area contributed by atoms with E-state index in [1.807, 2.05) is 34.6 Å². The first-order valence-electron chi connectivity index (χ1n) is 6.47. The van der Waals surface area contributed by atoms with Crippen LogP contribution in [-0.4, -0.2) is 12.5 Å². The molecule has 1 aliphatic carbocycles. The molecule has 2 atom stereocenters. The summed E-state index contributed by atoms with van der Waals surface area (Å²) >= 11 is 0. The molecule has 2 unspecified atom stereocenters. The predicted molar refractivity (Wildman–Crippen MR) is 68.1 cm³/mol. The van der Waals surface area contributed by atoms with Crippen molar-refractivity contribution < 1.29 is 63.0 Å². The quantitative estimate of drug-likeness (QED) is 0.758. The summed E-state index contributed by atoms with van der Waals surface area (Å²) in [5.41, 5.74) is 0. The van der Waals surface area contributed by atoms with Crippen LogP contribution in [0.3, 0.4) is 0 Å². The summed E-state index contributed by atoms with van der Waals surface area (Å²) < 4.78 is 0. The second kappa shape index (κ2) is 16.3. The third kappa shape index (κ3) is 9.32. The summed E-state index contributed by atoms with van der Waals surface area (Å²) in [6.45, 7) is 12.7. The van der Waals surface area contributed by atoms with Crippen LogP contribution in [0.25, 0.3) is 5.32 Å². The molecule has 92 valence electrons. The van der Waals surface area contributed by atoms with E-state index in [0.717, 1.165) is 6.42 Å². The van der Waals surface area contributed by atoms with Crippen LogP contribution in [0.2, 0.25) is 0 Å². The van der Waals surface area contributed by atoms with Crippen LogP contribution in [0, 0.1) is 11.8 Å². The van der Waals surface area contributed by atoms with Gasteiger partial charge in [0.05, 0.1) is 5.91 Å². The summed E-state index contributed by atoms with van der Waals surface area (Å²) in [5.74, 6) is 0.949. The third-order valence-corrected chi connectivity index (χ3v) is 2.49. The Labute approximate surface area is 151 Å². The Balaban J connectivity index is -0.000000305. The van der Waals surface area contributed by atoms with E-state index in [-0.39, 0.29) is 70.0 Å². The zero-order valence-electron chi connectivity index (χ0n) is 12.3. The molecule has 1 fully saturated rings. The number of amides is 1.